The van der Waals surface area contributed by atoms with Crippen LogP contribution in [0.2, 0.25) is 0 Å². The number of rotatable bonds is 13. The molecule has 0 heterocycles. The van der Waals surface area contributed by atoms with Gasteiger partial charge >= 0.3 is 0 Å². The number of hydrogen-bond donors (Lipinski definition) is 1. The van der Waals surface area contributed by atoms with Gasteiger partial charge < -0.3 is 5.32 Å². The van der Waals surface area contributed by atoms with Gasteiger partial charge in [-0.05, 0) is 56.5 Å². The van der Waals surface area contributed by atoms with Gasteiger partial charge in [0.25, 0.3) is 0 Å². The molecule has 0 aliphatic heterocycles. The summed E-state index contributed by atoms with van der Waals surface area (Å²) < 4.78 is 0. The summed E-state index contributed by atoms with van der Waals surface area (Å²) in [4.78, 5) is 0. The van der Waals surface area contributed by atoms with Crippen LogP contribution in [0.3, 0.4) is 0 Å². The SMILES string of the molecule is CCCNCC(CCC)CCC(C)CC(C)CCC. The Labute approximate surface area is 122 Å². The Kier molecular flexibility index (Phi) is 12.9. The van der Waals surface area contributed by atoms with Crippen LogP contribution in [0.15, 0.2) is 0 Å². The van der Waals surface area contributed by atoms with Crippen molar-refractivity contribution in [3.05, 3.63) is 0 Å². The highest BCUT2D eigenvalue weighted by Gasteiger charge is 2.12. The van der Waals surface area contributed by atoms with Crippen LogP contribution in [-0.4, -0.2) is 13.1 Å². The fourth-order valence-corrected chi connectivity index (χ4v) is 3.18. The van der Waals surface area contributed by atoms with Crippen LogP contribution >= 0.6 is 0 Å². The fourth-order valence-electron chi connectivity index (χ4n) is 3.18. The summed E-state index contributed by atoms with van der Waals surface area (Å²) in [6.07, 6.45) is 11.0. The van der Waals surface area contributed by atoms with Gasteiger partial charge in [-0.2, -0.15) is 0 Å². The molecular weight excluding hydrogens is 230 g/mol. The van der Waals surface area contributed by atoms with E-state index < -0.39 is 0 Å². The van der Waals surface area contributed by atoms with Crippen molar-refractivity contribution in [2.75, 3.05) is 13.1 Å². The zero-order valence-corrected chi connectivity index (χ0v) is 14.3. The Bertz CT molecular complexity index is 179. The standard InChI is InChI=1S/C18H39N/c1-6-9-16(4)14-17(5)11-12-18(10-7-2)15-19-13-8-3/h16-19H,6-15H2,1-5H3. The van der Waals surface area contributed by atoms with Gasteiger partial charge in [0.15, 0.2) is 0 Å². The second-order valence-corrected chi connectivity index (χ2v) is 6.67. The molecule has 0 radical (unpaired) electrons. The zero-order chi connectivity index (χ0) is 14.5. The van der Waals surface area contributed by atoms with Crippen molar-refractivity contribution in [2.45, 2.75) is 86.0 Å². The first kappa shape index (κ1) is 19.0. The van der Waals surface area contributed by atoms with Crippen molar-refractivity contribution in [1.82, 2.24) is 5.32 Å². The topological polar surface area (TPSA) is 12.0 Å². The molecule has 0 amide bonds. The lowest BCUT2D eigenvalue weighted by Crippen LogP contribution is -2.24. The average Bonchev–Trinajstić information content (AvgIpc) is 2.36. The van der Waals surface area contributed by atoms with E-state index in [0.29, 0.717) is 0 Å². The molecule has 1 N–H and O–H groups in total. The normalized spacial score (nSPS) is 16.3. The molecule has 19 heavy (non-hydrogen) atoms. The third-order valence-electron chi connectivity index (χ3n) is 4.21. The fraction of sp³-hybridized carbons (Fsp3) is 1.00. The van der Waals surface area contributed by atoms with Crippen molar-refractivity contribution >= 4 is 0 Å². The van der Waals surface area contributed by atoms with Gasteiger partial charge in [-0.15, -0.1) is 0 Å². The second-order valence-electron chi connectivity index (χ2n) is 6.67. The predicted molar refractivity (Wildman–Crippen MR) is 88.6 cm³/mol. The summed E-state index contributed by atoms with van der Waals surface area (Å²) in [6, 6.07) is 0. The van der Waals surface area contributed by atoms with Gasteiger partial charge in [0.2, 0.25) is 0 Å². The minimum atomic E-state index is 0.903. The molecule has 0 spiro atoms. The van der Waals surface area contributed by atoms with Gasteiger partial charge in [0.1, 0.15) is 0 Å². The van der Waals surface area contributed by atoms with Gasteiger partial charge in [-0.1, -0.05) is 60.3 Å². The molecule has 3 unspecified atom stereocenters. The van der Waals surface area contributed by atoms with Crippen molar-refractivity contribution in [2.24, 2.45) is 17.8 Å². The molecule has 0 fully saturated rings. The Morgan fingerprint density at radius 3 is 1.95 bits per heavy atom. The third-order valence-corrected chi connectivity index (χ3v) is 4.21. The number of hydrogen-bond acceptors (Lipinski definition) is 1. The zero-order valence-electron chi connectivity index (χ0n) is 14.3. The minimum Gasteiger partial charge on any atom is -0.316 e. The Morgan fingerprint density at radius 2 is 1.37 bits per heavy atom. The highest BCUT2D eigenvalue weighted by molar-refractivity contribution is 4.66. The first-order chi connectivity index (χ1) is 9.13. The van der Waals surface area contributed by atoms with E-state index in [1.54, 1.807) is 0 Å². The highest BCUT2D eigenvalue weighted by atomic mass is 14.8. The van der Waals surface area contributed by atoms with Crippen LogP contribution in [0.25, 0.3) is 0 Å². The van der Waals surface area contributed by atoms with Crippen molar-refractivity contribution in [3.63, 3.8) is 0 Å². The molecule has 0 bridgehead atoms. The summed E-state index contributed by atoms with van der Waals surface area (Å²) in [6.45, 7) is 14.2. The summed E-state index contributed by atoms with van der Waals surface area (Å²) in [5.41, 5.74) is 0. The van der Waals surface area contributed by atoms with Gasteiger partial charge in [-0.3, -0.25) is 0 Å². The molecule has 0 aromatic heterocycles. The van der Waals surface area contributed by atoms with Crippen LogP contribution in [0, 0.1) is 17.8 Å². The maximum Gasteiger partial charge on any atom is -0.00205 e. The van der Waals surface area contributed by atoms with Crippen molar-refractivity contribution in [3.8, 4) is 0 Å². The smallest absolute Gasteiger partial charge is 0.00205 e. The van der Waals surface area contributed by atoms with E-state index in [4.69, 9.17) is 0 Å². The molecule has 0 saturated heterocycles. The lowest BCUT2D eigenvalue weighted by atomic mass is 9.87. The van der Waals surface area contributed by atoms with Gasteiger partial charge in [-0.25, -0.2) is 0 Å². The third kappa shape index (κ3) is 11.5. The molecule has 3 atom stereocenters. The van der Waals surface area contributed by atoms with E-state index in [1.165, 1.54) is 64.5 Å². The lowest BCUT2D eigenvalue weighted by Gasteiger charge is -2.21. The van der Waals surface area contributed by atoms with Gasteiger partial charge in [0.05, 0.1) is 0 Å². The Morgan fingerprint density at radius 1 is 0.737 bits per heavy atom. The molecule has 0 aliphatic carbocycles. The summed E-state index contributed by atoms with van der Waals surface area (Å²) in [5.74, 6) is 2.73. The molecule has 1 nitrogen and oxygen atoms in total. The second kappa shape index (κ2) is 13.0. The molecule has 0 saturated carbocycles. The van der Waals surface area contributed by atoms with E-state index in [9.17, 15) is 0 Å². The Balaban J connectivity index is 3.81. The number of nitrogens with one attached hydrogen (secondary N) is 1. The van der Waals surface area contributed by atoms with Crippen LogP contribution in [-0.2, 0) is 0 Å². The van der Waals surface area contributed by atoms with E-state index in [0.717, 1.165) is 17.8 Å². The van der Waals surface area contributed by atoms with Crippen LogP contribution < -0.4 is 5.32 Å². The molecule has 116 valence electrons. The maximum atomic E-state index is 3.60. The summed E-state index contributed by atoms with van der Waals surface area (Å²) in [5, 5.41) is 3.60. The average molecular weight is 270 g/mol. The minimum absolute atomic E-state index is 0.903. The highest BCUT2D eigenvalue weighted by Crippen LogP contribution is 2.23. The monoisotopic (exact) mass is 269 g/mol. The van der Waals surface area contributed by atoms with E-state index in [-0.39, 0.29) is 0 Å². The molecule has 1 heteroatoms. The largest absolute Gasteiger partial charge is 0.316 e. The first-order valence-corrected chi connectivity index (χ1v) is 8.84. The van der Waals surface area contributed by atoms with Crippen LogP contribution in [0.5, 0.6) is 0 Å². The van der Waals surface area contributed by atoms with E-state index in [1.807, 2.05) is 0 Å². The predicted octanol–water partition coefficient (Wildman–Crippen LogP) is 5.64. The summed E-state index contributed by atoms with van der Waals surface area (Å²) >= 11 is 0. The Hall–Kier alpha value is -0.0400. The van der Waals surface area contributed by atoms with E-state index >= 15 is 0 Å². The first-order valence-electron chi connectivity index (χ1n) is 8.84. The van der Waals surface area contributed by atoms with Crippen molar-refractivity contribution in [1.29, 1.82) is 0 Å². The van der Waals surface area contributed by atoms with Crippen LogP contribution in [0.1, 0.15) is 86.0 Å². The van der Waals surface area contributed by atoms with Crippen molar-refractivity contribution < 1.29 is 0 Å². The maximum absolute atomic E-state index is 3.60. The van der Waals surface area contributed by atoms with Gasteiger partial charge in [0, 0.05) is 0 Å². The molecule has 0 rings (SSSR count). The quantitative estimate of drug-likeness (QED) is 0.426. The van der Waals surface area contributed by atoms with E-state index in [2.05, 4.69) is 39.9 Å². The molecule has 0 aromatic carbocycles. The molecule has 0 aromatic rings. The lowest BCUT2D eigenvalue weighted by molar-refractivity contribution is 0.325. The molecule has 0 aliphatic rings. The summed E-state index contributed by atoms with van der Waals surface area (Å²) in [7, 11) is 0. The van der Waals surface area contributed by atoms with Crippen LogP contribution in [0.4, 0.5) is 0 Å². The molecular formula is C18H39N.